The lowest BCUT2D eigenvalue weighted by atomic mass is 10.4. The van der Waals surface area contributed by atoms with Crippen LogP contribution >= 0.6 is 0 Å². The molecule has 0 aliphatic carbocycles. The van der Waals surface area contributed by atoms with Crippen LogP contribution in [0.4, 0.5) is 0 Å². The van der Waals surface area contributed by atoms with Crippen molar-refractivity contribution in [2.45, 2.75) is 19.9 Å². The lowest BCUT2D eigenvalue weighted by molar-refractivity contribution is 0.0947. The molecule has 0 unspecified atom stereocenters. The van der Waals surface area contributed by atoms with Crippen LogP contribution in [0.15, 0.2) is 12.3 Å². The number of rotatable bonds is 6. The number of carbonyl (C=O) groups excluding carboxylic acids is 1. The summed E-state index contributed by atoms with van der Waals surface area (Å²) in [5, 5.41) is 6.90. The minimum Gasteiger partial charge on any atom is -0.383 e. The van der Waals surface area contributed by atoms with E-state index in [0.29, 0.717) is 25.4 Å². The Morgan fingerprint density at radius 2 is 2.47 bits per heavy atom. The first-order chi connectivity index (χ1) is 7.27. The molecule has 1 amide bonds. The first-order valence-electron chi connectivity index (χ1n) is 5.08. The smallest absolute Gasteiger partial charge is 0.271 e. The van der Waals surface area contributed by atoms with Crippen molar-refractivity contribution in [1.82, 2.24) is 15.1 Å². The highest BCUT2D eigenvalue weighted by Crippen LogP contribution is 1.95. The van der Waals surface area contributed by atoms with Gasteiger partial charge in [-0.2, -0.15) is 5.10 Å². The van der Waals surface area contributed by atoms with Crippen molar-refractivity contribution in [3.8, 4) is 0 Å². The van der Waals surface area contributed by atoms with E-state index in [1.54, 1.807) is 24.1 Å². The van der Waals surface area contributed by atoms with Crippen molar-refractivity contribution in [2.24, 2.45) is 0 Å². The van der Waals surface area contributed by atoms with Gasteiger partial charge in [0.1, 0.15) is 5.69 Å². The molecule has 1 heterocycles. The summed E-state index contributed by atoms with van der Waals surface area (Å²) in [6.45, 7) is 3.95. The normalized spacial score (nSPS) is 10.3. The first-order valence-corrected chi connectivity index (χ1v) is 5.08. The van der Waals surface area contributed by atoms with Crippen LogP contribution in [0.2, 0.25) is 0 Å². The van der Waals surface area contributed by atoms with Crippen molar-refractivity contribution < 1.29 is 9.53 Å². The fraction of sp³-hybridized carbons (Fsp3) is 0.600. The van der Waals surface area contributed by atoms with Crippen LogP contribution in [-0.4, -0.2) is 35.9 Å². The second kappa shape index (κ2) is 6.19. The van der Waals surface area contributed by atoms with Crippen molar-refractivity contribution in [2.75, 3.05) is 20.3 Å². The summed E-state index contributed by atoms with van der Waals surface area (Å²) in [5.74, 6) is -0.118. The van der Waals surface area contributed by atoms with E-state index in [4.69, 9.17) is 4.74 Å². The predicted octanol–water partition coefficient (Wildman–Crippen LogP) is 0.669. The van der Waals surface area contributed by atoms with Gasteiger partial charge < -0.3 is 10.1 Å². The topological polar surface area (TPSA) is 56.2 Å². The van der Waals surface area contributed by atoms with Gasteiger partial charge in [-0.15, -0.1) is 0 Å². The molecule has 1 aromatic rings. The Balaban J connectivity index is 2.47. The Morgan fingerprint density at radius 1 is 1.67 bits per heavy atom. The molecule has 5 nitrogen and oxygen atoms in total. The summed E-state index contributed by atoms with van der Waals surface area (Å²) in [6, 6.07) is 1.71. The average molecular weight is 211 g/mol. The summed E-state index contributed by atoms with van der Waals surface area (Å²) >= 11 is 0. The van der Waals surface area contributed by atoms with Crippen molar-refractivity contribution in [1.29, 1.82) is 0 Å². The standard InChI is InChI=1S/C10H17N3O2/c1-3-5-11-10(14)9-4-6-13(12-9)7-8-15-2/h4,6H,3,5,7-8H2,1-2H3,(H,11,14). The Morgan fingerprint density at radius 3 is 3.13 bits per heavy atom. The van der Waals surface area contributed by atoms with Gasteiger partial charge in [-0.05, 0) is 12.5 Å². The van der Waals surface area contributed by atoms with E-state index in [-0.39, 0.29) is 5.91 Å². The Kier molecular flexibility index (Phi) is 4.83. The molecule has 0 spiro atoms. The summed E-state index contributed by atoms with van der Waals surface area (Å²) in [5.41, 5.74) is 0.458. The van der Waals surface area contributed by atoms with E-state index in [1.807, 2.05) is 6.92 Å². The molecule has 0 atom stereocenters. The predicted molar refractivity (Wildman–Crippen MR) is 56.7 cm³/mol. The number of amides is 1. The van der Waals surface area contributed by atoms with Crippen LogP contribution in [0.5, 0.6) is 0 Å². The largest absolute Gasteiger partial charge is 0.383 e. The number of ether oxygens (including phenoxy) is 1. The summed E-state index contributed by atoms with van der Waals surface area (Å²) in [4.78, 5) is 11.5. The summed E-state index contributed by atoms with van der Waals surface area (Å²) in [6.07, 6.45) is 2.70. The maximum Gasteiger partial charge on any atom is 0.271 e. The molecule has 1 rings (SSSR count). The average Bonchev–Trinajstić information content (AvgIpc) is 2.71. The minimum atomic E-state index is -0.118. The van der Waals surface area contributed by atoms with Crippen LogP contribution in [-0.2, 0) is 11.3 Å². The molecule has 15 heavy (non-hydrogen) atoms. The molecule has 1 aromatic heterocycles. The molecule has 0 aliphatic rings. The van der Waals surface area contributed by atoms with Gasteiger partial charge in [0.2, 0.25) is 0 Å². The van der Waals surface area contributed by atoms with Crippen molar-refractivity contribution in [3.63, 3.8) is 0 Å². The zero-order chi connectivity index (χ0) is 11.1. The summed E-state index contributed by atoms with van der Waals surface area (Å²) < 4.78 is 6.62. The molecule has 1 N–H and O–H groups in total. The molecule has 0 saturated carbocycles. The molecular weight excluding hydrogens is 194 g/mol. The lowest BCUT2D eigenvalue weighted by Gasteiger charge is -2.00. The second-order valence-corrected chi connectivity index (χ2v) is 3.21. The van der Waals surface area contributed by atoms with Crippen LogP contribution in [0.3, 0.4) is 0 Å². The highest BCUT2D eigenvalue weighted by Gasteiger charge is 2.07. The third-order valence-electron chi connectivity index (χ3n) is 1.93. The van der Waals surface area contributed by atoms with Gasteiger partial charge in [0, 0.05) is 19.9 Å². The molecule has 0 aromatic carbocycles. The fourth-order valence-corrected chi connectivity index (χ4v) is 1.12. The number of nitrogens with one attached hydrogen (secondary N) is 1. The van der Waals surface area contributed by atoms with E-state index in [9.17, 15) is 4.79 Å². The molecule has 0 saturated heterocycles. The van der Waals surface area contributed by atoms with Crippen molar-refractivity contribution >= 4 is 5.91 Å². The molecule has 84 valence electrons. The highest BCUT2D eigenvalue weighted by molar-refractivity contribution is 5.92. The quantitative estimate of drug-likeness (QED) is 0.752. The lowest BCUT2D eigenvalue weighted by Crippen LogP contribution is -2.24. The number of nitrogens with zero attached hydrogens (tertiary/aromatic N) is 2. The molecule has 0 aliphatic heterocycles. The van der Waals surface area contributed by atoms with E-state index < -0.39 is 0 Å². The third kappa shape index (κ3) is 3.71. The monoisotopic (exact) mass is 211 g/mol. The third-order valence-corrected chi connectivity index (χ3v) is 1.93. The van der Waals surface area contributed by atoms with E-state index in [0.717, 1.165) is 6.42 Å². The summed E-state index contributed by atoms with van der Waals surface area (Å²) in [7, 11) is 1.64. The SMILES string of the molecule is CCCNC(=O)c1ccn(CCOC)n1. The van der Waals surface area contributed by atoms with Gasteiger partial charge >= 0.3 is 0 Å². The van der Waals surface area contributed by atoms with Gasteiger partial charge in [0.05, 0.1) is 13.2 Å². The number of hydrogen-bond acceptors (Lipinski definition) is 3. The second-order valence-electron chi connectivity index (χ2n) is 3.21. The first kappa shape index (κ1) is 11.7. The molecule has 0 bridgehead atoms. The van der Waals surface area contributed by atoms with Crippen LogP contribution < -0.4 is 5.32 Å². The number of methoxy groups -OCH3 is 1. The van der Waals surface area contributed by atoms with Crippen molar-refractivity contribution in [3.05, 3.63) is 18.0 Å². The Bertz CT molecular complexity index is 309. The number of aromatic nitrogens is 2. The number of hydrogen-bond donors (Lipinski definition) is 1. The van der Waals surface area contributed by atoms with Gasteiger partial charge in [-0.3, -0.25) is 9.48 Å². The maximum absolute atomic E-state index is 11.5. The van der Waals surface area contributed by atoms with E-state index >= 15 is 0 Å². The zero-order valence-electron chi connectivity index (χ0n) is 9.19. The fourth-order valence-electron chi connectivity index (χ4n) is 1.12. The van der Waals surface area contributed by atoms with Gasteiger partial charge in [0.15, 0.2) is 0 Å². The Labute approximate surface area is 89.4 Å². The minimum absolute atomic E-state index is 0.118. The maximum atomic E-state index is 11.5. The van der Waals surface area contributed by atoms with E-state index in [2.05, 4.69) is 10.4 Å². The molecular formula is C10H17N3O2. The molecule has 0 fully saturated rings. The van der Waals surface area contributed by atoms with E-state index in [1.165, 1.54) is 0 Å². The van der Waals surface area contributed by atoms with Gasteiger partial charge in [-0.25, -0.2) is 0 Å². The van der Waals surface area contributed by atoms with Crippen LogP contribution in [0, 0.1) is 0 Å². The molecule has 0 radical (unpaired) electrons. The molecule has 5 heteroatoms. The highest BCUT2D eigenvalue weighted by atomic mass is 16.5. The van der Waals surface area contributed by atoms with Gasteiger partial charge in [-0.1, -0.05) is 6.92 Å². The van der Waals surface area contributed by atoms with Gasteiger partial charge in [0.25, 0.3) is 5.91 Å². The van der Waals surface area contributed by atoms with Crippen LogP contribution in [0.25, 0.3) is 0 Å². The number of carbonyl (C=O) groups is 1. The Hall–Kier alpha value is -1.36. The van der Waals surface area contributed by atoms with Crippen LogP contribution in [0.1, 0.15) is 23.8 Å². The zero-order valence-corrected chi connectivity index (χ0v) is 9.19.